The highest BCUT2D eigenvalue weighted by Crippen LogP contribution is 2.39. The lowest BCUT2D eigenvalue weighted by Gasteiger charge is -2.26. The van der Waals surface area contributed by atoms with Crippen LogP contribution in [0.1, 0.15) is 25.7 Å². The van der Waals surface area contributed by atoms with Gasteiger partial charge in [-0.1, -0.05) is 12.8 Å². The summed E-state index contributed by atoms with van der Waals surface area (Å²) in [4.78, 5) is 4.36. The summed E-state index contributed by atoms with van der Waals surface area (Å²) in [5.41, 5.74) is 0.260. The zero-order valence-electron chi connectivity index (χ0n) is 9.48. The van der Waals surface area contributed by atoms with Crippen molar-refractivity contribution in [3.05, 3.63) is 21.2 Å². The van der Waals surface area contributed by atoms with Gasteiger partial charge in [-0.15, -0.1) is 11.6 Å². The molecule has 1 N–H and O–H groups in total. The lowest BCUT2D eigenvalue weighted by atomic mass is 9.88. The summed E-state index contributed by atoms with van der Waals surface area (Å²) < 4.78 is 1.96. The van der Waals surface area contributed by atoms with Gasteiger partial charge in [-0.2, -0.15) is 0 Å². The summed E-state index contributed by atoms with van der Waals surface area (Å²) in [7, 11) is 0. The second-order valence-electron chi connectivity index (χ2n) is 4.68. The Balaban J connectivity index is 2.01. The second kappa shape index (κ2) is 5.89. The van der Waals surface area contributed by atoms with Crippen molar-refractivity contribution in [2.24, 2.45) is 5.41 Å². The van der Waals surface area contributed by atoms with Crippen LogP contribution in [0.15, 0.2) is 21.2 Å². The Morgan fingerprint density at radius 3 is 2.65 bits per heavy atom. The highest BCUT2D eigenvalue weighted by molar-refractivity contribution is 9.11. The van der Waals surface area contributed by atoms with E-state index in [0.29, 0.717) is 0 Å². The smallest absolute Gasteiger partial charge is 0.140 e. The van der Waals surface area contributed by atoms with Crippen molar-refractivity contribution in [2.75, 3.05) is 17.7 Å². The first-order valence-electron chi connectivity index (χ1n) is 5.76. The third-order valence-corrected chi connectivity index (χ3v) is 4.99. The Morgan fingerprint density at radius 2 is 2.06 bits per heavy atom. The number of hydrogen-bond acceptors (Lipinski definition) is 2. The average molecular weight is 383 g/mol. The predicted molar refractivity (Wildman–Crippen MR) is 79.7 cm³/mol. The molecule has 1 fully saturated rings. The molecule has 0 unspecified atom stereocenters. The second-order valence-corrected chi connectivity index (χ2v) is 6.72. The zero-order valence-corrected chi connectivity index (χ0v) is 13.4. The third-order valence-electron chi connectivity index (χ3n) is 3.39. The summed E-state index contributed by atoms with van der Waals surface area (Å²) in [5.74, 6) is 1.62. The molecule has 0 atom stereocenters. The van der Waals surface area contributed by atoms with Gasteiger partial charge in [-0.05, 0) is 50.8 Å². The SMILES string of the molecule is ClCC1(CNc2ncc(Br)cc2Br)CCCC1. The van der Waals surface area contributed by atoms with Gasteiger partial charge in [0.05, 0.1) is 4.47 Å². The third kappa shape index (κ3) is 3.36. The summed E-state index contributed by atoms with van der Waals surface area (Å²) in [6, 6.07) is 2.00. The van der Waals surface area contributed by atoms with E-state index in [9.17, 15) is 0 Å². The van der Waals surface area contributed by atoms with Crippen LogP contribution >= 0.6 is 43.5 Å². The maximum Gasteiger partial charge on any atom is 0.140 e. The van der Waals surface area contributed by atoms with Crippen molar-refractivity contribution in [3.8, 4) is 0 Å². The van der Waals surface area contributed by atoms with Gasteiger partial charge in [-0.25, -0.2) is 4.98 Å². The Bertz CT molecular complexity index is 392. The molecular weight excluding hydrogens is 367 g/mol. The normalized spacial score (nSPS) is 18.3. The number of nitrogens with zero attached hydrogens (tertiary/aromatic N) is 1. The molecule has 5 heteroatoms. The van der Waals surface area contributed by atoms with Crippen molar-refractivity contribution in [2.45, 2.75) is 25.7 Å². The molecule has 1 aromatic heterocycles. The Kier molecular flexibility index (Phi) is 4.72. The minimum atomic E-state index is 0.260. The number of alkyl halides is 1. The van der Waals surface area contributed by atoms with Crippen molar-refractivity contribution >= 4 is 49.3 Å². The fraction of sp³-hybridized carbons (Fsp3) is 0.583. The van der Waals surface area contributed by atoms with E-state index >= 15 is 0 Å². The van der Waals surface area contributed by atoms with Gasteiger partial charge in [-0.3, -0.25) is 0 Å². The predicted octanol–water partition coefficient (Wildman–Crippen LogP) is 4.82. The molecule has 0 aliphatic heterocycles. The van der Waals surface area contributed by atoms with Crippen molar-refractivity contribution < 1.29 is 0 Å². The first kappa shape index (κ1) is 13.6. The average Bonchev–Trinajstić information content (AvgIpc) is 2.77. The molecule has 2 rings (SSSR count). The van der Waals surface area contributed by atoms with E-state index in [1.807, 2.05) is 6.07 Å². The molecular formula is C12H15Br2ClN2. The van der Waals surface area contributed by atoms with E-state index in [0.717, 1.165) is 27.2 Å². The maximum atomic E-state index is 6.12. The summed E-state index contributed by atoms with van der Waals surface area (Å²) in [6.07, 6.45) is 6.83. The minimum Gasteiger partial charge on any atom is -0.369 e. The van der Waals surface area contributed by atoms with Crippen LogP contribution in [0, 0.1) is 5.41 Å². The minimum absolute atomic E-state index is 0.260. The number of pyridine rings is 1. The highest BCUT2D eigenvalue weighted by Gasteiger charge is 2.32. The van der Waals surface area contributed by atoms with Gasteiger partial charge < -0.3 is 5.32 Å². The van der Waals surface area contributed by atoms with Crippen LogP contribution in [0.5, 0.6) is 0 Å². The van der Waals surface area contributed by atoms with Gasteiger partial charge in [0.25, 0.3) is 0 Å². The van der Waals surface area contributed by atoms with Crippen LogP contribution in [0.3, 0.4) is 0 Å². The summed E-state index contributed by atoms with van der Waals surface area (Å²) in [5, 5.41) is 3.41. The molecule has 0 bridgehead atoms. The topological polar surface area (TPSA) is 24.9 Å². The Hall–Kier alpha value is 0.200. The summed E-state index contributed by atoms with van der Waals surface area (Å²) in [6.45, 7) is 0.906. The van der Waals surface area contributed by atoms with Gasteiger partial charge in [0.2, 0.25) is 0 Å². The first-order valence-corrected chi connectivity index (χ1v) is 7.88. The van der Waals surface area contributed by atoms with Gasteiger partial charge in [0, 0.05) is 28.5 Å². The van der Waals surface area contributed by atoms with E-state index in [-0.39, 0.29) is 5.41 Å². The van der Waals surface area contributed by atoms with E-state index in [1.54, 1.807) is 6.20 Å². The number of aromatic nitrogens is 1. The number of nitrogens with one attached hydrogen (secondary N) is 1. The van der Waals surface area contributed by atoms with Gasteiger partial charge in [0.15, 0.2) is 0 Å². The largest absolute Gasteiger partial charge is 0.369 e. The molecule has 1 heterocycles. The number of anilines is 1. The molecule has 0 amide bonds. The monoisotopic (exact) mass is 380 g/mol. The molecule has 0 radical (unpaired) electrons. The zero-order chi connectivity index (χ0) is 12.3. The van der Waals surface area contributed by atoms with Crippen molar-refractivity contribution in [1.82, 2.24) is 4.98 Å². The number of hydrogen-bond donors (Lipinski definition) is 1. The van der Waals surface area contributed by atoms with Crippen molar-refractivity contribution in [1.29, 1.82) is 0 Å². The van der Waals surface area contributed by atoms with Gasteiger partial charge >= 0.3 is 0 Å². The van der Waals surface area contributed by atoms with Crippen LogP contribution in [0.25, 0.3) is 0 Å². The number of halogens is 3. The standard InChI is InChI=1S/C12H15Br2ClN2/c13-9-5-10(14)11(16-6-9)17-8-12(7-15)3-1-2-4-12/h5-6H,1-4,7-8H2,(H,16,17). The van der Waals surface area contributed by atoms with Crippen LogP contribution in [0.2, 0.25) is 0 Å². The van der Waals surface area contributed by atoms with Crippen LogP contribution in [-0.2, 0) is 0 Å². The summed E-state index contributed by atoms with van der Waals surface area (Å²) >= 11 is 13.0. The van der Waals surface area contributed by atoms with E-state index in [4.69, 9.17) is 11.6 Å². The molecule has 94 valence electrons. The molecule has 1 aliphatic rings. The lowest BCUT2D eigenvalue weighted by molar-refractivity contribution is 0.368. The molecule has 0 saturated heterocycles. The van der Waals surface area contributed by atoms with Crippen LogP contribution in [0.4, 0.5) is 5.82 Å². The fourth-order valence-electron chi connectivity index (χ4n) is 2.30. The van der Waals surface area contributed by atoms with E-state index in [1.165, 1.54) is 25.7 Å². The molecule has 17 heavy (non-hydrogen) atoms. The molecule has 2 nitrogen and oxygen atoms in total. The Morgan fingerprint density at radius 1 is 1.35 bits per heavy atom. The van der Waals surface area contributed by atoms with E-state index < -0.39 is 0 Å². The molecule has 0 spiro atoms. The van der Waals surface area contributed by atoms with Crippen LogP contribution in [-0.4, -0.2) is 17.4 Å². The highest BCUT2D eigenvalue weighted by atomic mass is 79.9. The molecule has 1 aromatic rings. The van der Waals surface area contributed by atoms with Crippen molar-refractivity contribution in [3.63, 3.8) is 0 Å². The lowest BCUT2D eigenvalue weighted by Crippen LogP contribution is -2.28. The van der Waals surface area contributed by atoms with E-state index in [2.05, 4.69) is 42.2 Å². The van der Waals surface area contributed by atoms with Crippen LogP contribution < -0.4 is 5.32 Å². The maximum absolute atomic E-state index is 6.12. The molecule has 0 aromatic carbocycles. The first-order chi connectivity index (χ1) is 8.15. The fourth-order valence-corrected chi connectivity index (χ4v) is 3.79. The Labute approximate surface area is 124 Å². The number of rotatable bonds is 4. The molecule has 1 saturated carbocycles. The molecule has 1 aliphatic carbocycles. The van der Waals surface area contributed by atoms with Gasteiger partial charge in [0.1, 0.15) is 5.82 Å². The quantitative estimate of drug-likeness (QED) is 0.756.